The number of hydrogen-bond donors (Lipinski definition) is 1. The van der Waals surface area contributed by atoms with Crippen molar-refractivity contribution < 1.29 is 22.6 Å². The molecule has 31 heavy (non-hydrogen) atoms. The van der Waals surface area contributed by atoms with E-state index in [0.717, 1.165) is 15.8 Å². The molecular weight excluding hydrogens is 526 g/mol. The van der Waals surface area contributed by atoms with E-state index >= 15 is 0 Å². The van der Waals surface area contributed by atoms with Crippen LogP contribution in [0, 0.1) is 6.92 Å². The second kappa shape index (κ2) is 11.4. The maximum atomic E-state index is 13.2. The van der Waals surface area contributed by atoms with Crippen LogP contribution in [0.1, 0.15) is 29.3 Å². The molecule has 0 atom stereocenters. The second-order valence-electron chi connectivity index (χ2n) is 6.83. The lowest BCUT2D eigenvalue weighted by molar-refractivity contribution is -0.142. The van der Waals surface area contributed by atoms with Crippen molar-refractivity contribution in [1.29, 1.82) is 0 Å². The van der Waals surface area contributed by atoms with Crippen LogP contribution < -0.4 is 14.8 Å². The molecule has 0 saturated heterocycles. The molecule has 0 bridgehead atoms. The number of alkyl halides is 3. The highest BCUT2D eigenvalue weighted by Gasteiger charge is 2.36. The first-order valence-corrected chi connectivity index (χ1v) is 9.41. The molecule has 0 unspecified atom stereocenters. The number of hydrogen-bond acceptors (Lipinski definition) is 4. The summed E-state index contributed by atoms with van der Waals surface area (Å²) < 4.78 is 51.4. The van der Waals surface area contributed by atoms with E-state index in [9.17, 15) is 13.2 Å². The smallest absolute Gasteiger partial charge is 0.435 e. The molecule has 2 aromatic rings. The van der Waals surface area contributed by atoms with E-state index in [2.05, 4.69) is 15.4 Å². The van der Waals surface area contributed by atoms with Gasteiger partial charge in [-0.3, -0.25) is 4.68 Å². The highest BCUT2D eigenvalue weighted by atomic mass is 127. The Morgan fingerprint density at radius 3 is 2.35 bits per heavy atom. The molecule has 1 N–H and O–H groups in total. The standard InChI is InChI=1S/C20H28F3N5O2.HI/c1-7-24-19(25-10-15-12-28(4)26-18(15)20(21,22)23)27(3)11-14-9-17(30-6)16(29-5)8-13(14)2;/h8-9,12H,7,10-11H2,1-6H3,(H,24,25);1H. The van der Waals surface area contributed by atoms with Crippen LogP contribution >= 0.6 is 24.0 Å². The number of guanidine groups is 1. The summed E-state index contributed by atoms with van der Waals surface area (Å²) in [5, 5.41) is 6.65. The normalized spacial score (nSPS) is 11.7. The van der Waals surface area contributed by atoms with Gasteiger partial charge in [0.15, 0.2) is 23.2 Å². The highest BCUT2D eigenvalue weighted by Crippen LogP contribution is 2.32. The lowest BCUT2D eigenvalue weighted by Gasteiger charge is -2.23. The molecule has 0 aliphatic heterocycles. The number of aliphatic imine (C=N–C) groups is 1. The van der Waals surface area contributed by atoms with Gasteiger partial charge in [-0.25, -0.2) is 4.99 Å². The Bertz CT molecular complexity index is 900. The average molecular weight is 555 g/mol. The van der Waals surface area contributed by atoms with Crippen LogP contribution in [-0.2, 0) is 26.3 Å². The number of methoxy groups -OCH3 is 2. The Hall–Kier alpha value is -2.18. The quantitative estimate of drug-likeness (QED) is 0.318. The van der Waals surface area contributed by atoms with Gasteiger partial charge in [0.1, 0.15) is 0 Å². The van der Waals surface area contributed by atoms with Crippen molar-refractivity contribution in [3.05, 3.63) is 40.7 Å². The van der Waals surface area contributed by atoms with Crippen LogP contribution in [0.4, 0.5) is 13.2 Å². The zero-order chi connectivity index (χ0) is 22.5. The summed E-state index contributed by atoms with van der Waals surface area (Å²) in [6.07, 6.45) is -3.18. The van der Waals surface area contributed by atoms with Crippen molar-refractivity contribution in [1.82, 2.24) is 20.0 Å². The molecule has 0 saturated carbocycles. The molecule has 1 aromatic carbocycles. The van der Waals surface area contributed by atoms with E-state index in [1.54, 1.807) is 14.2 Å². The Labute approximate surface area is 197 Å². The molecule has 174 valence electrons. The lowest BCUT2D eigenvalue weighted by atomic mass is 10.1. The number of rotatable bonds is 7. The molecule has 0 fully saturated rings. The van der Waals surface area contributed by atoms with Crippen molar-refractivity contribution in [2.45, 2.75) is 33.1 Å². The zero-order valence-electron chi connectivity index (χ0n) is 18.5. The molecule has 0 spiro atoms. The number of nitrogens with one attached hydrogen (secondary N) is 1. The van der Waals surface area contributed by atoms with Crippen LogP contribution in [0.3, 0.4) is 0 Å². The van der Waals surface area contributed by atoms with E-state index in [1.807, 2.05) is 37.9 Å². The summed E-state index contributed by atoms with van der Waals surface area (Å²) in [6, 6.07) is 3.77. The van der Waals surface area contributed by atoms with Crippen LogP contribution in [0.2, 0.25) is 0 Å². The van der Waals surface area contributed by atoms with Crippen molar-refractivity contribution in [2.24, 2.45) is 12.0 Å². The molecule has 1 heterocycles. The third-order valence-corrected chi connectivity index (χ3v) is 4.52. The second-order valence-corrected chi connectivity index (χ2v) is 6.83. The van der Waals surface area contributed by atoms with Crippen molar-refractivity contribution in [3.63, 3.8) is 0 Å². The third-order valence-electron chi connectivity index (χ3n) is 4.52. The van der Waals surface area contributed by atoms with E-state index in [1.165, 1.54) is 13.2 Å². The fourth-order valence-corrected chi connectivity index (χ4v) is 3.05. The zero-order valence-corrected chi connectivity index (χ0v) is 20.8. The van der Waals surface area contributed by atoms with E-state index in [-0.39, 0.29) is 36.1 Å². The molecule has 0 aliphatic carbocycles. The Morgan fingerprint density at radius 1 is 1.19 bits per heavy atom. The minimum absolute atomic E-state index is 0. The SMILES string of the molecule is CCNC(=NCc1cn(C)nc1C(F)(F)F)N(C)Cc1cc(OC)c(OC)cc1C.I. The molecule has 0 radical (unpaired) electrons. The molecule has 1 aromatic heterocycles. The summed E-state index contributed by atoms with van der Waals surface area (Å²) in [5.74, 6) is 1.74. The minimum Gasteiger partial charge on any atom is -0.493 e. The van der Waals surface area contributed by atoms with Crippen LogP contribution in [0.5, 0.6) is 11.5 Å². The third kappa shape index (κ3) is 6.91. The monoisotopic (exact) mass is 555 g/mol. The van der Waals surface area contributed by atoms with Gasteiger partial charge in [-0.15, -0.1) is 24.0 Å². The van der Waals surface area contributed by atoms with Gasteiger partial charge in [-0.2, -0.15) is 18.3 Å². The van der Waals surface area contributed by atoms with Crippen LogP contribution in [0.15, 0.2) is 23.3 Å². The fourth-order valence-electron chi connectivity index (χ4n) is 3.05. The molecule has 0 aliphatic rings. The van der Waals surface area contributed by atoms with Crippen molar-refractivity contribution in [3.8, 4) is 11.5 Å². The molecule has 2 rings (SSSR count). The van der Waals surface area contributed by atoms with Gasteiger partial charge in [0.2, 0.25) is 0 Å². The van der Waals surface area contributed by atoms with Crippen molar-refractivity contribution in [2.75, 3.05) is 27.8 Å². The predicted molar refractivity (Wildman–Crippen MR) is 124 cm³/mol. The Morgan fingerprint density at radius 2 is 1.81 bits per heavy atom. The van der Waals surface area contributed by atoms with Crippen LogP contribution in [0.25, 0.3) is 0 Å². The maximum absolute atomic E-state index is 13.2. The number of nitrogens with zero attached hydrogens (tertiary/aromatic N) is 4. The van der Waals surface area contributed by atoms with E-state index in [0.29, 0.717) is 30.5 Å². The highest BCUT2D eigenvalue weighted by molar-refractivity contribution is 14.0. The summed E-state index contributed by atoms with van der Waals surface area (Å²) in [6.45, 7) is 4.78. The van der Waals surface area contributed by atoms with Gasteiger partial charge in [0.05, 0.1) is 20.8 Å². The maximum Gasteiger partial charge on any atom is 0.435 e. The number of aryl methyl sites for hydroxylation is 2. The van der Waals surface area contributed by atoms with Gasteiger partial charge in [0, 0.05) is 38.9 Å². The van der Waals surface area contributed by atoms with Gasteiger partial charge < -0.3 is 19.7 Å². The number of ether oxygens (including phenoxy) is 2. The van der Waals surface area contributed by atoms with E-state index in [4.69, 9.17) is 9.47 Å². The largest absolute Gasteiger partial charge is 0.493 e. The van der Waals surface area contributed by atoms with Gasteiger partial charge >= 0.3 is 6.18 Å². The first kappa shape index (κ1) is 26.9. The van der Waals surface area contributed by atoms with Crippen LogP contribution in [-0.4, -0.2) is 48.5 Å². The van der Waals surface area contributed by atoms with Gasteiger partial charge in [-0.1, -0.05) is 0 Å². The molecule has 0 amide bonds. The first-order chi connectivity index (χ1) is 14.1. The van der Waals surface area contributed by atoms with Gasteiger partial charge in [0.25, 0.3) is 0 Å². The predicted octanol–water partition coefficient (Wildman–Crippen LogP) is 3.98. The van der Waals surface area contributed by atoms with Gasteiger partial charge in [-0.05, 0) is 37.1 Å². The number of aromatic nitrogens is 2. The van der Waals surface area contributed by atoms with E-state index < -0.39 is 11.9 Å². The molecule has 11 heteroatoms. The molecular formula is C20H29F3IN5O2. The minimum atomic E-state index is -4.52. The Balaban J connectivity index is 0.00000480. The topological polar surface area (TPSA) is 63.9 Å². The molecule has 7 nitrogen and oxygen atoms in total. The number of benzene rings is 1. The summed E-state index contributed by atoms with van der Waals surface area (Å²) in [5.41, 5.74) is 1.10. The fraction of sp³-hybridized carbons (Fsp3) is 0.500. The van der Waals surface area contributed by atoms with Crippen molar-refractivity contribution >= 4 is 29.9 Å². The average Bonchev–Trinajstić information content (AvgIpc) is 3.07. The summed E-state index contributed by atoms with van der Waals surface area (Å²) >= 11 is 0. The Kier molecular flexibility index (Phi) is 9.91. The summed E-state index contributed by atoms with van der Waals surface area (Å²) in [4.78, 5) is 6.24. The summed E-state index contributed by atoms with van der Waals surface area (Å²) in [7, 11) is 6.43. The first-order valence-electron chi connectivity index (χ1n) is 9.41. The lowest BCUT2D eigenvalue weighted by Crippen LogP contribution is -2.38. The number of halogens is 4.